The molecule has 0 aliphatic carbocycles. The fraction of sp³-hybridized carbons (Fsp3) is 0.200. The molecule has 1 heterocycles. The van der Waals surface area contributed by atoms with E-state index in [1.165, 1.54) is 0 Å². The highest BCUT2D eigenvalue weighted by molar-refractivity contribution is 5.80. The third-order valence-corrected chi connectivity index (χ3v) is 5.14. The van der Waals surface area contributed by atoms with E-state index in [-0.39, 0.29) is 5.91 Å². The van der Waals surface area contributed by atoms with Crippen molar-refractivity contribution >= 4 is 5.91 Å². The summed E-state index contributed by atoms with van der Waals surface area (Å²) in [5.41, 5.74) is 3.10. The normalized spacial score (nSPS) is 11.7. The molecule has 0 bridgehead atoms. The summed E-state index contributed by atoms with van der Waals surface area (Å²) < 4.78 is 7.47. The number of benzene rings is 3. The largest absolute Gasteiger partial charge is 0.489 e. The van der Waals surface area contributed by atoms with Crippen molar-refractivity contribution < 1.29 is 9.53 Å². The fourth-order valence-corrected chi connectivity index (χ4v) is 3.45. The van der Waals surface area contributed by atoms with Crippen molar-refractivity contribution in [2.45, 2.75) is 32.5 Å². The lowest BCUT2D eigenvalue weighted by atomic mass is 10.1. The minimum atomic E-state index is -0.537. The first-order valence-corrected chi connectivity index (χ1v) is 10.5. The monoisotopic (exact) mass is 427 g/mol. The van der Waals surface area contributed by atoms with Crippen LogP contribution in [0.15, 0.2) is 84.9 Å². The van der Waals surface area contributed by atoms with Gasteiger partial charge in [0.15, 0.2) is 0 Å². The van der Waals surface area contributed by atoms with Crippen molar-refractivity contribution in [3.8, 4) is 5.75 Å². The minimum absolute atomic E-state index is 0.139. The van der Waals surface area contributed by atoms with Gasteiger partial charge in [-0.05, 0) is 46.2 Å². The van der Waals surface area contributed by atoms with Gasteiger partial charge in [0.25, 0.3) is 0 Å². The molecule has 1 N–H and O–H groups in total. The molecule has 162 valence electrons. The molecule has 0 aliphatic heterocycles. The summed E-state index contributed by atoms with van der Waals surface area (Å²) in [6.45, 7) is 2.67. The van der Waals surface area contributed by atoms with Crippen molar-refractivity contribution in [2.75, 3.05) is 0 Å². The van der Waals surface area contributed by atoms with Gasteiger partial charge in [-0.2, -0.15) is 0 Å². The summed E-state index contributed by atoms with van der Waals surface area (Å²) in [4.78, 5) is 13.1. The second-order valence-electron chi connectivity index (χ2n) is 7.52. The van der Waals surface area contributed by atoms with Crippen LogP contribution in [0.4, 0.5) is 0 Å². The molecule has 4 rings (SSSR count). The number of aromatic nitrogens is 4. The molecule has 1 aromatic heterocycles. The maximum absolute atomic E-state index is 13.1. The second kappa shape index (κ2) is 10.3. The third kappa shape index (κ3) is 5.57. The summed E-state index contributed by atoms with van der Waals surface area (Å²) in [6.07, 6.45) is 0.499. The zero-order valence-corrected chi connectivity index (χ0v) is 17.9. The molecule has 7 heteroatoms. The molecule has 0 saturated carbocycles. The van der Waals surface area contributed by atoms with Gasteiger partial charge in [-0.1, -0.05) is 72.8 Å². The van der Waals surface area contributed by atoms with Gasteiger partial charge in [-0.3, -0.25) is 4.79 Å². The van der Waals surface area contributed by atoms with Crippen LogP contribution in [0.1, 0.15) is 28.6 Å². The number of carbonyl (C=O) groups is 1. The second-order valence-corrected chi connectivity index (χ2v) is 7.52. The Kier molecular flexibility index (Phi) is 6.87. The number of ether oxygens (including phenoxy) is 1. The number of nitrogens with zero attached hydrogens (tertiary/aromatic N) is 4. The number of rotatable bonds is 9. The summed E-state index contributed by atoms with van der Waals surface area (Å²) in [5, 5.41) is 14.7. The van der Waals surface area contributed by atoms with Gasteiger partial charge in [-0.25, -0.2) is 4.68 Å². The van der Waals surface area contributed by atoms with Gasteiger partial charge in [0.2, 0.25) is 5.91 Å². The van der Waals surface area contributed by atoms with E-state index in [9.17, 15) is 4.79 Å². The highest BCUT2D eigenvalue weighted by atomic mass is 16.5. The minimum Gasteiger partial charge on any atom is -0.489 e. The number of hydrogen-bond donors (Lipinski definition) is 1. The van der Waals surface area contributed by atoms with E-state index >= 15 is 0 Å². The van der Waals surface area contributed by atoms with Crippen molar-refractivity contribution in [2.24, 2.45) is 0 Å². The number of carbonyl (C=O) groups excluding carboxylic acids is 1. The van der Waals surface area contributed by atoms with E-state index in [4.69, 9.17) is 4.74 Å². The molecule has 1 atom stereocenters. The Hall–Kier alpha value is -4.00. The molecule has 1 amide bonds. The van der Waals surface area contributed by atoms with Crippen LogP contribution in [0.5, 0.6) is 5.75 Å². The quantitative estimate of drug-likeness (QED) is 0.441. The summed E-state index contributed by atoms with van der Waals surface area (Å²) in [5.74, 6) is 1.22. The average molecular weight is 428 g/mol. The summed E-state index contributed by atoms with van der Waals surface area (Å²) >= 11 is 0. The number of nitrogens with one attached hydrogen (secondary N) is 1. The van der Waals surface area contributed by atoms with E-state index in [0.717, 1.165) is 22.4 Å². The summed E-state index contributed by atoms with van der Waals surface area (Å²) in [6, 6.07) is 27.1. The number of amides is 1. The third-order valence-electron chi connectivity index (χ3n) is 5.14. The Morgan fingerprint density at radius 3 is 2.31 bits per heavy atom. The SMILES string of the molecule is Cc1nnnn1C(Cc1ccccc1)C(=O)NCc1cccc(OCc2ccccc2)c1. The van der Waals surface area contributed by atoms with Crippen molar-refractivity contribution in [3.63, 3.8) is 0 Å². The molecule has 3 aromatic carbocycles. The molecular weight excluding hydrogens is 402 g/mol. The van der Waals surface area contributed by atoms with Crippen LogP contribution < -0.4 is 10.1 Å². The van der Waals surface area contributed by atoms with E-state index in [0.29, 0.717) is 25.4 Å². The van der Waals surface area contributed by atoms with Crippen LogP contribution >= 0.6 is 0 Å². The van der Waals surface area contributed by atoms with Crippen LogP contribution in [-0.2, 0) is 24.4 Å². The highest BCUT2D eigenvalue weighted by Gasteiger charge is 2.24. The first-order valence-electron chi connectivity index (χ1n) is 10.5. The topological polar surface area (TPSA) is 81.9 Å². The lowest BCUT2D eigenvalue weighted by Crippen LogP contribution is -2.34. The molecule has 0 spiro atoms. The van der Waals surface area contributed by atoms with Gasteiger partial charge < -0.3 is 10.1 Å². The molecule has 0 radical (unpaired) electrons. The van der Waals surface area contributed by atoms with Gasteiger partial charge in [0, 0.05) is 13.0 Å². The Bertz CT molecular complexity index is 1150. The Balaban J connectivity index is 1.41. The van der Waals surface area contributed by atoms with Crippen LogP contribution in [0.3, 0.4) is 0 Å². The maximum Gasteiger partial charge on any atom is 0.245 e. The van der Waals surface area contributed by atoms with Crippen molar-refractivity contribution in [3.05, 3.63) is 107 Å². The average Bonchev–Trinajstić information content (AvgIpc) is 3.27. The molecule has 1 unspecified atom stereocenters. The standard InChI is InChI=1S/C25H25N5O2/c1-19-27-28-29-30(19)24(16-20-9-4-2-5-10-20)25(31)26-17-22-13-8-14-23(15-22)32-18-21-11-6-3-7-12-21/h2-15,24H,16-18H2,1H3,(H,26,31). The highest BCUT2D eigenvalue weighted by Crippen LogP contribution is 2.17. The molecule has 7 nitrogen and oxygen atoms in total. The Labute approximate surface area is 187 Å². The number of aryl methyl sites for hydroxylation is 1. The lowest BCUT2D eigenvalue weighted by Gasteiger charge is -2.18. The first-order chi connectivity index (χ1) is 15.7. The molecule has 32 heavy (non-hydrogen) atoms. The van der Waals surface area contributed by atoms with Gasteiger partial charge >= 0.3 is 0 Å². The maximum atomic E-state index is 13.1. The van der Waals surface area contributed by atoms with Crippen LogP contribution in [0.2, 0.25) is 0 Å². The van der Waals surface area contributed by atoms with E-state index in [1.54, 1.807) is 11.6 Å². The zero-order chi connectivity index (χ0) is 22.2. The molecule has 4 aromatic rings. The predicted octanol–water partition coefficient (Wildman–Crippen LogP) is 3.66. The van der Waals surface area contributed by atoms with Crippen molar-refractivity contribution in [1.29, 1.82) is 0 Å². The van der Waals surface area contributed by atoms with Crippen LogP contribution in [0.25, 0.3) is 0 Å². The predicted molar refractivity (Wildman–Crippen MR) is 121 cm³/mol. The smallest absolute Gasteiger partial charge is 0.245 e. The Morgan fingerprint density at radius 2 is 1.62 bits per heavy atom. The van der Waals surface area contributed by atoms with Crippen LogP contribution in [-0.4, -0.2) is 26.1 Å². The van der Waals surface area contributed by atoms with Gasteiger partial charge in [-0.15, -0.1) is 5.10 Å². The number of tetrazole rings is 1. The fourth-order valence-electron chi connectivity index (χ4n) is 3.45. The van der Waals surface area contributed by atoms with Gasteiger partial charge in [0.1, 0.15) is 24.2 Å². The molecular formula is C25H25N5O2. The van der Waals surface area contributed by atoms with Crippen LogP contribution in [0, 0.1) is 6.92 Å². The van der Waals surface area contributed by atoms with Gasteiger partial charge in [0.05, 0.1) is 0 Å². The zero-order valence-electron chi connectivity index (χ0n) is 17.9. The van der Waals surface area contributed by atoms with Crippen molar-refractivity contribution in [1.82, 2.24) is 25.5 Å². The van der Waals surface area contributed by atoms with E-state index in [2.05, 4.69) is 20.8 Å². The van der Waals surface area contributed by atoms with E-state index < -0.39 is 6.04 Å². The number of hydrogen-bond acceptors (Lipinski definition) is 5. The first kappa shape index (κ1) is 21.2. The summed E-state index contributed by atoms with van der Waals surface area (Å²) in [7, 11) is 0. The molecule has 0 saturated heterocycles. The lowest BCUT2D eigenvalue weighted by molar-refractivity contribution is -0.124. The molecule has 0 aliphatic rings. The van der Waals surface area contributed by atoms with E-state index in [1.807, 2.05) is 84.9 Å². The molecule has 0 fully saturated rings. The Morgan fingerprint density at radius 1 is 0.938 bits per heavy atom.